The van der Waals surface area contributed by atoms with Crippen molar-refractivity contribution >= 4 is 34.7 Å². The van der Waals surface area contributed by atoms with Crippen molar-refractivity contribution in [3.63, 3.8) is 0 Å². The molecule has 32 heavy (non-hydrogen) atoms. The first-order chi connectivity index (χ1) is 15.3. The van der Waals surface area contributed by atoms with Gasteiger partial charge in [0, 0.05) is 17.8 Å². The van der Waals surface area contributed by atoms with Crippen molar-refractivity contribution in [1.29, 1.82) is 0 Å². The van der Waals surface area contributed by atoms with Gasteiger partial charge in [-0.1, -0.05) is 26.5 Å². The van der Waals surface area contributed by atoms with Crippen molar-refractivity contribution in [2.75, 3.05) is 32.0 Å². The molecule has 0 aliphatic heterocycles. The molecule has 0 aliphatic carbocycles. The number of hydrogen-bond donors (Lipinski definition) is 3. The SMILES string of the molecule is C=CC(=O)Nc1cc(OC)c(OC)c(OC)c1C(CC(C)C)NC(=S)Nc1ccccn1. The van der Waals surface area contributed by atoms with Crippen molar-refractivity contribution in [3.8, 4) is 17.2 Å². The molecule has 2 aromatic rings. The van der Waals surface area contributed by atoms with Gasteiger partial charge in [0.05, 0.1) is 33.1 Å². The van der Waals surface area contributed by atoms with Crippen LogP contribution in [0, 0.1) is 5.92 Å². The van der Waals surface area contributed by atoms with Crippen LogP contribution in [0.3, 0.4) is 0 Å². The number of nitrogens with one attached hydrogen (secondary N) is 3. The Morgan fingerprint density at radius 1 is 1.16 bits per heavy atom. The second-order valence-corrected chi connectivity index (χ2v) is 7.70. The Morgan fingerprint density at radius 3 is 2.41 bits per heavy atom. The largest absolute Gasteiger partial charge is 0.493 e. The van der Waals surface area contributed by atoms with Gasteiger partial charge < -0.3 is 30.2 Å². The maximum atomic E-state index is 12.2. The lowest BCUT2D eigenvalue weighted by Gasteiger charge is -2.28. The number of pyridine rings is 1. The summed E-state index contributed by atoms with van der Waals surface area (Å²) in [7, 11) is 4.59. The number of rotatable bonds is 10. The summed E-state index contributed by atoms with van der Waals surface area (Å²) in [4.78, 5) is 16.4. The lowest BCUT2D eigenvalue weighted by Crippen LogP contribution is -2.34. The molecule has 0 bridgehead atoms. The fourth-order valence-electron chi connectivity index (χ4n) is 3.28. The summed E-state index contributed by atoms with van der Waals surface area (Å²) in [5.41, 5.74) is 1.18. The van der Waals surface area contributed by atoms with E-state index in [0.717, 1.165) is 0 Å². The number of nitrogens with zero attached hydrogens (tertiary/aromatic N) is 1. The quantitative estimate of drug-likeness (QED) is 0.358. The molecular formula is C23H30N4O4S. The molecule has 0 spiro atoms. The summed E-state index contributed by atoms with van der Waals surface area (Å²) < 4.78 is 16.8. The second-order valence-electron chi connectivity index (χ2n) is 7.30. The minimum Gasteiger partial charge on any atom is -0.493 e. The van der Waals surface area contributed by atoms with E-state index in [1.165, 1.54) is 27.4 Å². The second kappa shape index (κ2) is 11.9. The zero-order valence-electron chi connectivity index (χ0n) is 19.0. The third-order valence-corrected chi connectivity index (χ3v) is 4.80. The number of thiocarbonyl (C=S) groups is 1. The van der Waals surface area contributed by atoms with Gasteiger partial charge in [-0.3, -0.25) is 4.79 Å². The Balaban J connectivity index is 2.57. The molecule has 1 amide bonds. The predicted molar refractivity (Wildman–Crippen MR) is 131 cm³/mol. The third-order valence-electron chi connectivity index (χ3n) is 4.58. The zero-order valence-corrected chi connectivity index (χ0v) is 19.8. The molecule has 0 saturated carbocycles. The number of benzene rings is 1. The first kappa shape index (κ1) is 24.9. The van der Waals surface area contributed by atoms with Crippen LogP contribution in [0.5, 0.6) is 17.2 Å². The van der Waals surface area contributed by atoms with Crippen molar-refractivity contribution < 1.29 is 19.0 Å². The molecular weight excluding hydrogens is 428 g/mol. The van der Waals surface area contributed by atoms with Gasteiger partial charge in [-0.25, -0.2) is 4.98 Å². The maximum Gasteiger partial charge on any atom is 0.247 e. The Morgan fingerprint density at radius 2 is 1.88 bits per heavy atom. The van der Waals surface area contributed by atoms with Gasteiger partial charge in [0.1, 0.15) is 5.82 Å². The van der Waals surface area contributed by atoms with E-state index >= 15 is 0 Å². The van der Waals surface area contributed by atoms with E-state index in [1.807, 2.05) is 18.2 Å². The molecule has 0 aliphatic rings. The van der Waals surface area contributed by atoms with Crippen molar-refractivity contribution in [3.05, 3.63) is 48.7 Å². The number of aromatic nitrogens is 1. The first-order valence-electron chi connectivity index (χ1n) is 10.1. The van der Waals surface area contributed by atoms with E-state index in [1.54, 1.807) is 12.3 Å². The van der Waals surface area contributed by atoms with Crippen LogP contribution in [0.1, 0.15) is 31.9 Å². The van der Waals surface area contributed by atoms with Crippen LogP contribution in [0.25, 0.3) is 0 Å². The van der Waals surface area contributed by atoms with Gasteiger partial charge in [0.25, 0.3) is 0 Å². The highest BCUT2D eigenvalue weighted by molar-refractivity contribution is 7.80. The smallest absolute Gasteiger partial charge is 0.247 e. The summed E-state index contributed by atoms with van der Waals surface area (Å²) in [6, 6.07) is 6.88. The monoisotopic (exact) mass is 458 g/mol. The zero-order chi connectivity index (χ0) is 23.7. The lowest BCUT2D eigenvalue weighted by molar-refractivity contribution is -0.111. The van der Waals surface area contributed by atoms with Gasteiger partial charge in [-0.2, -0.15) is 0 Å². The van der Waals surface area contributed by atoms with Gasteiger partial charge >= 0.3 is 0 Å². The first-order valence-corrected chi connectivity index (χ1v) is 10.5. The summed E-state index contributed by atoms with van der Waals surface area (Å²) in [6.45, 7) is 7.73. The van der Waals surface area contributed by atoms with Gasteiger partial charge in [0.2, 0.25) is 11.7 Å². The number of anilines is 2. The van der Waals surface area contributed by atoms with Crippen LogP contribution >= 0.6 is 12.2 Å². The third kappa shape index (κ3) is 6.34. The highest BCUT2D eigenvalue weighted by Gasteiger charge is 2.28. The highest BCUT2D eigenvalue weighted by atomic mass is 32.1. The van der Waals surface area contributed by atoms with Crippen LogP contribution in [-0.4, -0.2) is 37.3 Å². The summed E-state index contributed by atoms with van der Waals surface area (Å²) in [5, 5.41) is 9.65. The molecule has 1 atom stereocenters. The van der Waals surface area contributed by atoms with Crippen LogP contribution in [0.4, 0.5) is 11.5 Å². The average molecular weight is 459 g/mol. The maximum absolute atomic E-state index is 12.2. The molecule has 1 heterocycles. The van der Waals surface area contributed by atoms with E-state index in [2.05, 4.69) is 41.4 Å². The Labute approximate surface area is 194 Å². The average Bonchev–Trinajstić information content (AvgIpc) is 2.77. The van der Waals surface area contributed by atoms with Gasteiger partial charge in [-0.15, -0.1) is 0 Å². The van der Waals surface area contributed by atoms with Crippen LogP contribution in [0.15, 0.2) is 43.1 Å². The molecule has 3 N–H and O–H groups in total. The number of hydrogen-bond acceptors (Lipinski definition) is 6. The van der Waals surface area contributed by atoms with E-state index in [0.29, 0.717) is 51.8 Å². The summed E-state index contributed by atoms with van der Waals surface area (Å²) >= 11 is 5.55. The van der Waals surface area contributed by atoms with Crippen LogP contribution in [-0.2, 0) is 4.79 Å². The number of ether oxygens (including phenoxy) is 3. The van der Waals surface area contributed by atoms with Crippen molar-refractivity contribution in [1.82, 2.24) is 10.3 Å². The Bertz CT molecular complexity index is 951. The predicted octanol–water partition coefficient (Wildman–Crippen LogP) is 4.31. The van der Waals surface area contributed by atoms with E-state index in [4.69, 9.17) is 26.4 Å². The molecule has 9 heteroatoms. The molecule has 8 nitrogen and oxygen atoms in total. The topological polar surface area (TPSA) is 93.7 Å². The number of methoxy groups -OCH3 is 3. The standard InChI is InChI=1S/C23H30N4O4S/c1-7-19(28)25-16-13-17(29-4)21(30-5)22(31-6)20(16)15(12-14(2)3)26-23(32)27-18-10-8-9-11-24-18/h7-11,13-15H,1,12H2,2-6H3,(H,25,28)(H2,24,26,27,32). The Kier molecular flexibility index (Phi) is 9.27. The molecule has 0 saturated heterocycles. The van der Waals surface area contributed by atoms with Crippen molar-refractivity contribution in [2.45, 2.75) is 26.3 Å². The molecule has 1 aromatic heterocycles. The number of amides is 1. The molecule has 2 rings (SSSR count). The van der Waals surface area contributed by atoms with Crippen LogP contribution in [0.2, 0.25) is 0 Å². The number of carbonyl (C=O) groups is 1. The Hall–Kier alpha value is -3.33. The fourth-order valence-corrected chi connectivity index (χ4v) is 3.53. The normalized spacial score (nSPS) is 11.3. The number of carbonyl (C=O) groups excluding carboxylic acids is 1. The molecule has 0 fully saturated rings. The minimum atomic E-state index is -0.363. The minimum absolute atomic E-state index is 0.297. The molecule has 0 radical (unpaired) electrons. The summed E-state index contributed by atoms with van der Waals surface area (Å²) in [5.74, 6) is 1.83. The van der Waals surface area contributed by atoms with Crippen molar-refractivity contribution in [2.24, 2.45) is 5.92 Å². The fraction of sp³-hybridized carbons (Fsp3) is 0.348. The molecule has 172 valence electrons. The lowest BCUT2D eigenvalue weighted by atomic mass is 9.94. The molecule has 1 aromatic carbocycles. The van der Waals surface area contributed by atoms with E-state index in [9.17, 15) is 4.79 Å². The van der Waals surface area contributed by atoms with E-state index < -0.39 is 0 Å². The van der Waals surface area contributed by atoms with E-state index in [-0.39, 0.29) is 11.9 Å². The van der Waals surface area contributed by atoms with Crippen LogP contribution < -0.4 is 30.2 Å². The summed E-state index contributed by atoms with van der Waals surface area (Å²) in [6.07, 6.45) is 3.56. The van der Waals surface area contributed by atoms with Gasteiger partial charge in [0.15, 0.2) is 16.6 Å². The van der Waals surface area contributed by atoms with Gasteiger partial charge in [-0.05, 0) is 42.8 Å². The molecule has 1 unspecified atom stereocenters. The highest BCUT2D eigenvalue weighted by Crippen LogP contribution is 2.47.